The Hall–Kier alpha value is -2.92. The van der Waals surface area contributed by atoms with Crippen molar-refractivity contribution >= 4 is 79.9 Å². The van der Waals surface area contributed by atoms with Gasteiger partial charge in [0.25, 0.3) is 11.1 Å². The predicted molar refractivity (Wildman–Crippen MR) is 161 cm³/mol. The molecule has 0 aliphatic carbocycles. The minimum absolute atomic E-state index is 0.205. The number of halogens is 2. The summed E-state index contributed by atoms with van der Waals surface area (Å²) in [6.45, 7) is 2.10. The van der Waals surface area contributed by atoms with Gasteiger partial charge >= 0.3 is 0 Å². The number of nitrogens with one attached hydrogen (secondary N) is 1. The van der Waals surface area contributed by atoms with E-state index < -0.39 is 17.1 Å². The Kier molecular flexibility index (Phi) is 10.0. The topological polar surface area (TPSA) is 84.9 Å². The van der Waals surface area contributed by atoms with Crippen molar-refractivity contribution in [1.82, 2.24) is 4.90 Å². The molecule has 7 nitrogen and oxygen atoms in total. The molecule has 0 unspecified atom stereocenters. The third-order valence-corrected chi connectivity index (χ3v) is 8.08. The maximum absolute atomic E-state index is 13.0. The summed E-state index contributed by atoms with van der Waals surface area (Å²) in [4.78, 5) is 40.3. The number of nitrogens with zero attached hydrogens (tertiary/aromatic N) is 1. The van der Waals surface area contributed by atoms with Crippen LogP contribution in [-0.2, 0) is 16.2 Å². The van der Waals surface area contributed by atoms with Gasteiger partial charge in [-0.05, 0) is 88.9 Å². The third kappa shape index (κ3) is 7.39. The van der Waals surface area contributed by atoms with Gasteiger partial charge in [-0.3, -0.25) is 19.3 Å². The highest BCUT2D eigenvalue weighted by Gasteiger charge is 2.36. The van der Waals surface area contributed by atoms with Gasteiger partial charge in [0, 0.05) is 21.2 Å². The highest BCUT2D eigenvalue weighted by atomic mass is 79.9. The molecule has 1 saturated heterocycles. The molecule has 4 rings (SSSR count). The van der Waals surface area contributed by atoms with Crippen LogP contribution < -0.4 is 14.8 Å². The maximum Gasteiger partial charge on any atom is 0.294 e. The van der Waals surface area contributed by atoms with Gasteiger partial charge < -0.3 is 14.8 Å². The molecule has 0 atom stereocenters. The normalized spacial score (nSPS) is 14.2. The summed E-state index contributed by atoms with van der Waals surface area (Å²) in [7, 11) is 0. The maximum atomic E-state index is 13.0. The number of carbonyl (C=O) groups is 3. The molecule has 3 aromatic rings. The van der Waals surface area contributed by atoms with Crippen LogP contribution in [-0.4, -0.2) is 41.4 Å². The van der Waals surface area contributed by atoms with Gasteiger partial charge in [-0.15, -0.1) is 11.8 Å². The summed E-state index contributed by atoms with van der Waals surface area (Å²) >= 11 is 12.1. The monoisotopic (exact) mass is 646 g/mol. The third-order valence-electron chi connectivity index (χ3n) is 5.49. The number of hydrogen-bond acceptors (Lipinski definition) is 7. The molecule has 0 aromatic heterocycles. The molecule has 0 radical (unpaired) electrons. The highest BCUT2D eigenvalue weighted by Crippen LogP contribution is 2.40. The molecule has 0 saturated carbocycles. The molecule has 1 aliphatic heterocycles. The Morgan fingerprint density at radius 2 is 1.92 bits per heavy atom. The van der Waals surface area contributed by atoms with E-state index in [9.17, 15) is 14.4 Å². The number of thioether (sulfide) groups is 2. The van der Waals surface area contributed by atoms with Crippen LogP contribution in [0.4, 0.5) is 10.5 Å². The molecule has 3 amide bonds. The number of carbonyl (C=O) groups excluding carboxylic acids is 3. The second kappa shape index (κ2) is 13.4. The van der Waals surface area contributed by atoms with Crippen LogP contribution in [0, 0.1) is 0 Å². The Morgan fingerprint density at radius 1 is 1.13 bits per heavy atom. The average Bonchev–Trinajstić information content (AvgIpc) is 3.16. The molecule has 1 fully saturated rings. The number of ether oxygens (including phenoxy) is 2. The molecule has 39 heavy (non-hydrogen) atoms. The van der Waals surface area contributed by atoms with Gasteiger partial charge in [0.1, 0.15) is 13.2 Å². The number of imide groups is 1. The lowest BCUT2D eigenvalue weighted by molar-refractivity contribution is -0.127. The molecule has 11 heteroatoms. The summed E-state index contributed by atoms with van der Waals surface area (Å²) < 4.78 is 12.4. The van der Waals surface area contributed by atoms with Gasteiger partial charge in [0.15, 0.2) is 11.5 Å². The SMILES string of the molecule is CCOc1cc(/C=C2/SC(=O)N(CC(=O)Nc3cccc(SC)c3)C2=O)cc(Br)c1OCc1ccccc1Cl. The quantitative estimate of drug-likeness (QED) is 0.180. The highest BCUT2D eigenvalue weighted by molar-refractivity contribution is 9.10. The van der Waals surface area contributed by atoms with Crippen LogP contribution in [0.15, 0.2) is 74.9 Å². The van der Waals surface area contributed by atoms with Crippen LogP contribution >= 0.6 is 51.1 Å². The fourth-order valence-corrected chi connectivity index (χ4v) is 5.73. The summed E-state index contributed by atoms with van der Waals surface area (Å²) in [5.74, 6) is -0.0372. The van der Waals surface area contributed by atoms with E-state index in [0.29, 0.717) is 38.9 Å². The molecule has 202 valence electrons. The fraction of sp³-hybridized carbons (Fsp3) is 0.179. The van der Waals surface area contributed by atoms with Crippen molar-refractivity contribution in [3.8, 4) is 11.5 Å². The fourth-order valence-electron chi connectivity index (χ4n) is 3.67. The number of amides is 3. The standard InChI is InChI=1S/C28H24BrClN2O5S2/c1-3-36-23-12-17(11-21(29)26(23)37-16-18-7-4-5-10-22(18)30)13-24-27(34)32(28(35)39-24)15-25(33)31-19-8-6-9-20(14-19)38-2/h4-14H,3,15-16H2,1-2H3,(H,31,33)/b24-13+. The van der Waals surface area contributed by atoms with E-state index in [2.05, 4.69) is 21.2 Å². The lowest BCUT2D eigenvalue weighted by atomic mass is 10.1. The largest absolute Gasteiger partial charge is 0.490 e. The van der Waals surface area contributed by atoms with Crippen molar-refractivity contribution < 1.29 is 23.9 Å². The molecular weight excluding hydrogens is 624 g/mol. The molecule has 1 aliphatic rings. The van der Waals surface area contributed by atoms with E-state index in [1.807, 2.05) is 49.6 Å². The minimum atomic E-state index is -0.536. The first kappa shape index (κ1) is 29.1. The van der Waals surface area contributed by atoms with Crippen molar-refractivity contribution in [2.24, 2.45) is 0 Å². The predicted octanol–water partition coefficient (Wildman–Crippen LogP) is 7.48. The number of benzene rings is 3. The first-order chi connectivity index (χ1) is 18.8. The van der Waals surface area contributed by atoms with Crippen LogP contribution in [0.2, 0.25) is 5.02 Å². The molecule has 1 heterocycles. The van der Waals surface area contributed by atoms with Crippen LogP contribution in [0.25, 0.3) is 6.08 Å². The minimum Gasteiger partial charge on any atom is -0.490 e. The van der Waals surface area contributed by atoms with Gasteiger partial charge in [0.05, 0.1) is 16.0 Å². The molecular formula is C28H24BrClN2O5S2. The number of rotatable bonds is 10. The molecule has 1 N–H and O–H groups in total. The first-order valence-electron chi connectivity index (χ1n) is 11.8. The van der Waals surface area contributed by atoms with Crippen LogP contribution in [0.5, 0.6) is 11.5 Å². The zero-order valence-corrected chi connectivity index (χ0v) is 25.0. The van der Waals surface area contributed by atoms with E-state index in [0.717, 1.165) is 27.1 Å². The number of hydrogen-bond donors (Lipinski definition) is 1. The average molecular weight is 648 g/mol. The van der Waals surface area contributed by atoms with Crippen LogP contribution in [0.1, 0.15) is 18.1 Å². The Bertz CT molecular complexity index is 1450. The van der Waals surface area contributed by atoms with E-state index in [4.69, 9.17) is 21.1 Å². The number of anilines is 1. The van der Waals surface area contributed by atoms with E-state index in [-0.39, 0.29) is 18.1 Å². The van der Waals surface area contributed by atoms with E-state index >= 15 is 0 Å². The summed E-state index contributed by atoms with van der Waals surface area (Å²) in [6.07, 6.45) is 3.53. The van der Waals surface area contributed by atoms with Gasteiger partial charge in [-0.25, -0.2) is 0 Å². The van der Waals surface area contributed by atoms with E-state index in [1.165, 1.54) is 0 Å². The van der Waals surface area contributed by atoms with Crippen molar-refractivity contribution in [2.45, 2.75) is 18.4 Å². The van der Waals surface area contributed by atoms with Gasteiger partial charge in [-0.1, -0.05) is 35.9 Å². The van der Waals surface area contributed by atoms with Crippen LogP contribution in [0.3, 0.4) is 0 Å². The van der Waals surface area contributed by atoms with E-state index in [1.54, 1.807) is 42.1 Å². The lowest BCUT2D eigenvalue weighted by Gasteiger charge is -2.15. The Morgan fingerprint density at radius 3 is 2.67 bits per heavy atom. The first-order valence-corrected chi connectivity index (χ1v) is 15.0. The van der Waals surface area contributed by atoms with Gasteiger partial charge in [0.2, 0.25) is 5.91 Å². The van der Waals surface area contributed by atoms with Crippen molar-refractivity contribution in [1.29, 1.82) is 0 Å². The lowest BCUT2D eigenvalue weighted by Crippen LogP contribution is -2.36. The summed E-state index contributed by atoms with van der Waals surface area (Å²) in [5.41, 5.74) is 2.05. The second-order valence-electron chi connectivity index (χ2n) is 8.19. The van der Waals surface area contributed by atoms with Crippen molar-refractivity contribution in [3.63, 3.8) is 0 Å². The van der Waals surface area contributed by atoms with Crippen molar-refractivity contribution in [2.75, 3.05) is 24.7 Å². The summed E-state index contributed by atoms with van der Waals surface area (Å²) in [6, 6.07) is 18.2. The zero-order chi connectivity index (χ0) is 27.9. The van der Waals surface area contributed by atoms with Crippen molar-refractivity contribution in [3.05, 3.63) is 86.2 Å². The molecule has 0 spiro atoms. The molecule has 0 bridgehead atoms. The van der Waals surface area contributed by atoms with Gasteiger partial charge in [-0.2, -0.15) is 0 Å². The zero-order valence-electron chi connectivity index (χ0n) is 21.0. The smallest absolute Gasteiger partial charge is 0.294 e. The Labute approximate surface area is 248 Å². The summed E-state index contributed by atoms with van der Waals surface area (Å²) in [5, 5.41) is 2.83. The molecule has 3 aromatic carbocycles. The Balaban J connectivity index is 1.49. The second-order valence-corrected chi connectivity index (χ2v) is 11.3.